The number of nitrogens with zero attached hydrogens (tertiary/aromatic N) is 1. The van der Waals surface area contributed by atoms with Crippen LogP contribution < -0.4 is 10.2 Å². The molecule has 0 atom stereocenters. The number of carbonyl (C=O) groups is 4. The summed E-state index contributed by atoms with van der Waals surface area (Å²) in [6, 6.07) is 13.9. The molecule has 2 aromatic carbocycles. The van der Waals surface area contributed by atoms with Gasteiger partial charge in [0.1, 0.15) is 17.1 Å². The lowest BCUT2D eigenvalue weighted by Crippen LogP contribution is -2.54. The molecule has 1 aromatic heterocycles. The van der Waals surface area contributed by atoms with Gasteiger partial charge in [-0.2, -0.15) is 0 Å². The summed E-state index contributed by atoms with van der Waals surface area (Å²) in [6.45, 7) is 1.81. The van der Waals surface area contributed by atoms with Gasteiger partial charge in [-0.05, 0) is 73.2 Å². The fourth-order valence-corrected chi connectivity index (χ4v) is 3.85. The predicted molar refractivity (Wildman–Crippen MR) is 130 cm³/mol. The quantitative estimate of drug-likeness (QED) is 0.241. The van der Waals surface area contributed by atoms with Crippen LogP contribution in [0.2, 0.25) is 0 Å². The molecule has 35 heavy (non-hydrogen) atoms. The summed E-state index contributed by atoms with van der Waals surface area (Å²) in [7, 11) is 1.30. The average Bonchev–Trinajstić information content (AvgIpc) is 3.29. The van der Waals surface area contributed by atoms with E-state index < -0.39 is 23.8 Å². The monoisotopic (exact) mass is 490 g/mol. The van der Waals surface area contributed by atoms with E-state index in [4.69, 9.17) is 21.4 Å². The first kappa shape index (κ1) is 23.6. The summed E-state index contributed by atoms with van der Waals surface area (Å²) in [6.07, 6.45) is 1.29. The van der Waals surface area contributed by atoms with Crippen molar-refractivity contribution in [1.82, 2.24) is 5.32 Å². The maximum absolute atomic E-state index is 13.2. The van der Waals surface area contributed by atoms with Gasteiger partial charge < -0.3 is 14.3 Å². The molecule has 1 saturated heterocycles. The van der Waals surface area contributed by atoms with Gasteiger partial charge in [0.25, 0.3) is 11.8 Å². The first-order chi connectivity index (χ1) is 16.7. The molecule has 9 nitrogen and oxygen atoms in total. The minimum absolute atomic E-state index is 0.0372. The molecule has 4 rings (SSSR count). The van der Waals surface area contributed by atoms with Crippen LogP contribution in [0.25, 0.3) is 17.4 Å². The largest absolute Gasteiger partial charge is 0.478 e. The van der Waals surface area contributed by atoms with Gasteiger partial charge in [0.05, 0.1) is 23.9 Å². The zero-order valence-electron chi connectivity index (χ0n) is 18.5. The Kier molecular flexibility index (Phi) is 6.30. The molecule has 1 aliphatic rings. The number of esters is 1. The van der Waals surface area contributed by atoms with E-state index in [1.54, 1.807) is 30.3 Å². The second kappa shape index (κ2) is 9.35. The Bertz CT molecular complexity index is 1440. The highest BCUT2D eigenvalue weighted by Crippen LogP contribution is 2.29. The number of hydrogen-bond donors (Lipinski definition) is 2. The smallest absolute Gasteiger partial charge is 0.337 e. The van der Waals surface area contributed by atoms with Crippen molar-refractivity contribution in [2.24, 2.45) is 0 Å². The summed E-state index contributed by atoms with van der Waals surface area (Å²) in [5, 5.41) is 11.5. The van der Waals surface area contributed by atoms with E-state index in [0.717, 1.165) is 16.0 Å². The Morgan fingerprint density at radius 2 is 1.86 bits per heavy atom. The number of furan rings is 1. The zero-order valence-corrected chi connectivity index (χ0v) is 19.3. The average molecular weight is 490 g/mol. The molecule has 3 aromatic rings. The van der Waals surface area contributed by atoms with Crippen molar-refractivity contribution >= 4 is 52.8 Å². The van der Waals surface area contributed by atoms with Gasteiger partial charge in [0.15, 0.2) is 5.11 Å². The summed E-state index contributed by atoms with van der Waals surface area (Å²) >= 11 is 5.15. The molecule has 0 bridgehead atoms. The first-order valence-electron chi connectivity index (χ1n) is 10.2. The number of thiocarbonyl (C=S) groups is 1. The summed E-state index contributed by atoms with van der Waals surface area (Å²) in [5.74, 6) is -2.35. The van der Waals surface area contributed by atoms with Gasteiger partial charge in [-0.3, -0.25) is 19.8 Å². The molecular formula is C25H18N2O7S. The lowest BCUT2D eigenvalue weighted by atomic mass is 10.0. The van der Waals surface area contributed by atoms with Crippen molar-refractivity contribution < 1.29 is 33.4 Å². The van der Waals surface area contributed by atoms with Crippen molar-refractivity contribution in [3.63, 3.8) is 0 Å². The minimum Gasteiger partial charge on any atom is -0.478 e. The fraction of sp³-hybridized carbons (Fsp3) is 0.0800. The molecule has 2 N–H and O–H groups in total. The molecule has 1 aliphatic heterocycles. The van der Waals surface area contributed by atoms with Crippen LogP contribution in [0.3, 0.4) is 0 Å². The molecule has 0 unspecified atom stereocenters. The van der Waals surface area contributed by atoms with Gasteiger partial charge >= 0.3 is 11.9 Å². The third-order valence-electron chi connectivity index (χ3n) is 5.28. The van der Waals surface area contributed by atoms with Crippen molar-refractivity contribution in [1.29, 1.82) is 0 Å². The third kappa shape index (κ3) is 4.59. The van der Waals surface area contributed by atoms with Crippen LogP contribution >= 0.6 is 12.2 Å². The molecular weight excluding hydrogens is 472 g/mol. The van der Waals surface area contributed by atoms with E-state index in [1.807, 2.05) is 6.92 Å². The van der Waals surface area contributed by atoms with Crippen molar-refractivity contribution in [2.45, 2.75) is 6.92 Å². The van der Waals surface area contributed by atoms with Crippen LogP contribution in [-0.4, -0.2) is 41.1 Å². The summed E-state index contributed by atoms with van der Waals surface area (Å²) in [5.41, 5.74) is 1.81. The maximum atomic E-state index is 13.2. The van der Waals surface area contributed by atoms with E-state index in [9.17, 15) is 24.3 Å². The Morgan fingerprint density at radius 3 is 2.54 bits per heavy atom. The molecule has 0 aliphatic carbocycles. The molecule has 2 heterocycles. The Morgan fingerprint density at radius 1 is 1.09 bits per heavy atom. The number of amides is 2. The van der Waals surface area contributed by atoms with Gasteiger partial charge in [0.2, 0.25) is 0 Å². The molecule has 1 fully saturated rings. The van der Waals surface area contributed by atoms with Crippen LogP contribution in [-0.2, 0) is 14.3 Å². The van der Waals surface area contributed by atoms with E-state index in [2.05, 4.69) is 5.32 Å². The normalized spacial score (nSPS) is 14.7. The summed E-state index contributed by atoms with van der Waals surface area (Å²) < 4.78 is 10.6. The van der Waals surface area contributed by atoms with E-state index >= 15 is 0 Å². The Labute approximate surface area is 204 Å². The van der Waals surface area contributed by atoms with Gasteiger partial charge in [-0.15, -0.1) is 0 Å². The number of carboxylic acids is 1. The van der Waals surface area contributed by atoms with Gasteiger partial charge in [-0.25, -0.2) is 9.59 Å². The highest BCUT2D eigenvalue weighted by Gasteiger charge is 2.35. The maximum Gasteiger partial charge on any atom is 0.337 e. The number of carbonyl (C=O) groups excluding carboxylic acids is 3. The zero-order chi connectivity index (χ0) is 25.3. The van der Waals surface area contributed by atoms with Crippen LogP contribution in [0, 0.1) is 6.92 Å². The molecule has 0 radical (unpaired) electrons. The highest BCUT2D eigenvalue weighted by molar-refractivity contribution is 7.80. The van der Waals surface area contributed by atoms with Crippen LogP contribution in [0.4, 0.5) is 5.69 Å². The Hall–Kier alpha value is -4.57. The SMILES string of the molecule is COC(=O)c1ccc(-c2ccc(C=C3C(=O)NC(=S)N(c4cccc(C(=O)O)c4)C3=O)o2)c(C)c1. The number of hydrogen-bond acceptors (Lipinski definition) is 7. The van der Waals surface area contributed by atoms with Crippen LogP contribution in [0.1, 0.15) is 32.0 Å². The van der Waals surface area contributed by atoms with Crippen molar-refractivity contribution in [3.05, 3.63) is 82.6 Å². The highest BCUT2D eigenvalue weighted by atomic mass is 32.1. The second-order valence-electron chi connectivity index (χ2n) is 7.54. The fourth-order valence-electron chi connectivity index (χ4n) is 3.57. The number of aryl methyl sites for hydroxylation is 1. The molecule has 0 saturated carbocycles. The molecule has 10 heteroatoms. The lowest BCUT2D eigenvalue weighted by molar-refractivity contribution is -0.122. The van der Waals surface area contributed by atoms with Crippen molar-refractivity contribution in [3.8, 4) is 11.3 Å². The lowest BCUT2D eigenvalue weighted by Gasteiger charge is -2.28. The van der Waals surface area contributed by atoms with E-state index in [-0.39, 0.29) is 27.7 Å². The van der Waals surface area contributed by atoms with Crippen LogP contribution in [0.15, 0.2) is 64.6 Å². The van der Waals surface area contributed by atoms with Gasteiger partial charge in [0, 0.05) is 5.56 Å². The molecule has 2 amide bonds. The van der Waals surface area contributed by atoms with Crippen molar-refractivity contribution in [2.75, 3.05) is 12.0 Å². The number of ether oxygens (including phenoxy) is 1. The second-order valence-corrected chi connectivity index (χ2v) is 7.92. The number of anilines is 1. The number of nitrogens with one attached hydrogen (secondary N) is 1. The molecule has 176 valence electrons. The Balaban J connectivity index is 1.66. The number of methoxy groups -OCH3 is 1. The van der Waals surface area contributed by atoms with Gasteiger partial charge in [-0.1, -0.05) is 12.1 Å². The molecule has 0 spiro atoms. The minimum atomic E-state index is -1.17. The van der Waals surface area contributed by atoms with E-state index in [0.29, 0.717) is 11.3 Å². The topological polar surface area (TPSA) is 126 Å². The van der Waals surface area contributed by atoms with E-state index in [1.165, 1.54) is 37.5 Å². The summed E-state index contributed by atoms with van der Waals surface area (Å²) in [4.78, 5) is 49.8. The standard InChI is InChI=1S/C25H18N2O7S/c1-13-10-15(24(32)33-2)6-8-18(13)20-9-7-17(34-20)12-19-21(28)26-25(35)27(22(19)29)16-5-3-4-14(11-16)23(30)31/h3-12H,1-2H3,(H,30,31)(H,26,28,35). The number of rotatable bonds is 5. The number of benzene rings is 2. The van der Waals surface area contributed by atoms with Crippen LogP contribution in [0.5, 0.6) is 0 Å². The number of carboxylic acid groups (broad SMARTS) is 1. The third-order valence-corrected chi connectivity index (χ3v) is 5.56. The first-order valence-corrected chi connectivity index (χ1v) is 10.6. The predicted octanol–water partition coefficient (Wildman–Crippen LogP) is 3.57. The number of aromatic carboxylic acids is 1.